The van der Waals surface area contributed by atoms with Crippen LogP contribution in [0.4, 0.5) is 4.79 Å². The lowest BCUT2D eigenvalue weighted by Gasteiger charge is -2.32. The largest absolute Gasteiger partial charge is 0.450 e. The second-order valence-corrected chi connectivity index (χ2v) is 7.29. The van der Waals surface area contributed by atoms with Gasteiger partial charge in [-0.25, -0.2) is 4.79 Å². The molecule has 2 rings (SSSR count). The lowest BCUT2D eigenvalue weighted by atomic mass is 10.1. The maximum atomic E-state index is 11.8. The molecule has 0 radical (unpaired) electrons. The Balaban J connectivity index is 0.00000392. The first-order chi connectivity index (χ1) is 13.1. The lowest BCUT2D eigenvalue weighted by molar-refractivity contribution is 0.0824. The smallest absolute Gasteiger partial charge is 0.409 e. The van der Waals surface area contributed by atoms with Crippen molar-refractivity contribution < 1.29 is 14.6 Å². The van der Waals surface area contributed by atoms with Crippen molar-refractivity contribution in [2.75, 3.05) is 52.4 Å². The maximum absolute atomic E-state index is 11.8. The molecule has 2 saturated heterocycles. The van der Waals surface area contributed by atoms with Crippen LogP contribution in [0, 0.1) is 0 Å². The Kier molecular flexibility index (Phi) is 12.8. The quantitative estimate of drug-likeness (QED) is 0.209. The van der Waals surface area contributed by atoms with E-state index in [1.165, 1.54) is 0 Å². The standard InChI is InChI=1S/C19H37N5O3.HI/c1-3-20-18(21-10-5-11-23-12-8-17(25)9-13-23)22-16-6-14-24(15-7-16)19(26)27-4-2;/h16-17,25H,3-15H2,1-2H3,(H2,20,21,22);1H. The molecular weight excluding hydrogens is 473 g/mol. The monoisotopic (exact) mass is 511 g/mol. The number of carbonyl (C=O) groups is 1. The first-order valence-electron chi connectivity index (χ1n) is 10.5. The van der Waals surface area contributed by atoms with Crippen molar-refractivity contribution >= 4 is 36.0 Å². The van der Waals surface area contributed by atoms with Crippen LogP contribution < -0.4 is 10.6 Å². The highest BCUT2D eigenvalue weighted by Crippen LogP contribution is 2.12. The number of aliphatic hydroxyl groups is 1. The molecule has 0 bridgehead atoms. The number of ether oxygens (including phenoxy) is 1. The molecule has 8 nitrogen and oxygen atoms in total. The van der Waals surface area contributed by atoms with Crippen molar-refractivity contribution in [3.05, 3.63) is 0 Å². The van der Waals surface area contributed by atoms with Gasteiger partial charge >= 0.3 is 6.09 Å². The summed E-state index contributed by atoms with van der Waals surface area (Å²) in [5.74, 6) is 0.862. The zero-order valence-electron chi connectivity index (χ0n) is 17.4. The zero-order valence-corrected chi connectivity index (χ0v) is 19.7. The number of nitrogens with zero attached hydrogens (tertiary/aromatic N) is 3. The number of carbonyl (C=O) groups excluding carboxylic acids is 1. The molecule has 0 aromatic heterocycles. The number of halogens is 1. The van der Waals surface area contributed by atoms with Crippen LogP contribution in [0.3, 0.4) is 0 Å². The van der Waals surface area contributed by atoms with Gasteiger partial charge in [-0.05, 0) is 52.5 Å². The summed E-state index contributed by atoms with van der Waals surface area (Å²) >= 11 is 0. The molecule has 164 valence electrons. The van der Waals surface area contributed by atoms with E-state index < -0.39 is 0 Å². The van der Waals surface area contributed by atoms with E-state index in [0.717, 1.165) is 83.9 Å². The first kappa shape index (κ1) is 25.2. The molecule has 0 aromatic rings. The SMILES string of the molecule is CCNC(=NCCCN1CCC(O)CC1)NC1CCN(C(=O)OCC)CC1.I. The molecule has 0 atom stereocenters. The van der Waals surface area contributed by atoms with E-state index in [0.29, 0.717) is 12.6 Å². The molecule has 2 aliphatic heterocycles. The van der Waals surface area contributed by atoms with Crippen molar-refractivity contribution in [1.29, 1.82) is 0 Å². The summed E-state index contributed by atoms with van der Waals surface area (Å²) in [7, 11) is 0. The number of rotatable bonds is 7. The van der Waals surface area contributed by atoms with Crippen LogP contribution in [0.2, 0.25) is 0 Å². The Labute approximate surface area is 186 Å². The molecule has 2 fully saturated rings. The van der Waals surface area contributed by atoms with Crippen LogP contribution in [0.1, 0.15) is 46.0 Å². The summed E-state index contributed by atoms with van der Waals surface area (Å²) in [6.07, 6.45) is 4.28. The number of likely N-dealkylation sites (tertiary alicyclic amines) is 2. The van der Waals surface area contributed by atoms with Gasteiger partial charge in [0.1, 0.15) is 0 Å². The van der Waals surface area contributed by atoms with Gasteiger partial charge in [0.25, 0.3) is 0 Å². The number of piperidine rings is 2. The number of amides is 1. The molecular formula is C19H38IN5O3. The number of nitrogens with one attached hydrogen (secondary N) is 2. The van der Waals surface area contributed by atoms with Crippen molar-refractivity contribution in [1.82, 2.24) is 20.4 Å². The normalized spacial score (nSPS) is 19.8. The summed E-state index contributed by atoms with van der Waals surface area (Å²) in [5, 5.41) is 16.4. The van der Waals surface area contributed by atoms with Crippen molar-refractivity contribution in [2.24, 2.45) is 4.99 Å². The number of hydrogen-bond acceptors (Lipinski definition) is 5. The van der Waals surface area contributed by atoms with E-state index in [1.54, 1.807) is 4.90 Å². The summed E-state index contributed by atoms with van der Waals surface area (Å²) in [4.78, 5) is 20.7. The molecule has 1 amide bonds. The molecule has 0 saturated carbocycles. The van der Waals surface area contributed by atoms with E-state index in [1.807, 2.05) is 6.92 Å². The van der Waals surface area contributed by atoms with Crippen LogP contribution in [-0.2, 0) is 4.74 Å². The van der Waals surface area contributed by atoms with Gasteiger partial charge in [0.15, 0.2) is 5.96 Å². The Morgan fingerprint density at radius 2 is 1.82 bits per heavy atom. The van der Waals surface area contributed by atoms with E-state index in [9.17, 15) is 9.90 Å². The van der Waals surface area contributed by atoms with Gasteiger partial charge in [0.05, 0.1) is 12.7 Å². The molecule has 9 heteroatoms. The van der Waals surface area contributed by atoms with Crippen LogP contribution in [0.25, 0.3) is 0 Å². The minimum atomic E-state index is -0.207. The highest BCUT2D eigenvalue weighted by Gasteiger charge is 2.24. The zero-order chi connectivity index (χ0) is 19.5. The van der Waals surface area contributed by atoms with Crippen LogP contribution in [0.5, 0.6) is 0 Å². The van der Waals surface area contributed by atoms with Crippen molar-refractivity contribution in [3.63, 3.8) is 0 Å². The minimum Gasteiger partial charge on any atom is -0.450 e. The highest BCUT2D eigenvalue weighted by atomic mass is 127. The Bertz CT molecular complexity index is 464. The fourth-order valence-electron chi connectivity index (χ4n) is 3.56. The summed E-state index contributed by atoms with van der Waals surface area (Å²) in [6.45, 7) is 10.4. The third kappa shape index (κ3) is 9.13. The van der Waals surface area contributed by atoms with Crippen molar-refractivity contribution in [3.8, 4) is 0 Å². The molecule has 0 unspecified atom stereocenters. The Morgan fingerprint density at radius 3 is 2.43 bits per heavy atom. The van der Waals surface area contributed by atoms with Gasteiger partial charge in [-0.3, -0.25) is 4.99 Å². The second kappa shape index (κ2) is 14.2. The summed E-state index contributed by atoms with van der Waals surface area (Å²) in [6, 6.07) is 0.331. The fraction of sp³-hybridized carbons (Fsp3) is 0.895. The average molecular weight is 511 g/mol. The minimum absolute atomic E-state index is 0. The van der Waals surface area contributed by atoms with E-state index in [2.05, 4.69) is 22.5 Å². The van der Waals surface area contributed by atoms with Crippen LogP contribution >= 0.6 is 24.0 Å². The number of aliphatic hydroxyl groups excluding tert-OH is 1. The topological polar surface area (TPSA) is 89.4 Å². The second-order valence-electron chi connectivity index (χ2n) is 7.29. The van der Waals surface area contributed by atoms with Gasteiger partial charge in [-0.2, -0.15) is 0 Å². The third-order valence-electron chi connectivity index (χ3n) is 5.17. The number of hydrogen-bond donors (Lipinski definition) is 3. The molecule has 2 aliphatic rings. The third-order valence-corrected chi connectivity index (χ3v) is 5.17. The molecule has 2 heterocycles. The van der Waals surface area contributed by atoms with Crippen LogP contribution in [0.15, 0.2) is 4.99 Å². The van der Waals surface area contributed by atoms with Gasteiger partial charge in [-0.15, -0.1) is 24.0 Å². The molecule has 0 spiro atoms. The summed E-state index contributed by atoms with van der Waals surface area (Å²) in [5.41, 5.74) is 0. The number of guanidine groups is 1. The fourth-order valence-corrected chi connectivity index (χ4v) is 3.56. The van der Waals surface area contributed by atoms with Gasteiger partial charge in [0, 0.05) is 45.3 Å². The van der Waals surface area contributed by atoms with Gasteiger partial charge < -0.3 is 30.3 Å². The Morgan fingerprint density at radius 1 is 1.14 bits per heavy atom. The molecule has 3 N–H and O–H groups in total. The predicted molar refractivity (Wildman–Crippen MR) is 122 cm³/mol. The van der Waals surface area contributed by atoms with E-state index >= 15 is 0 Å². The predicted octanol–water partition coefficient (Wildman–Crippen LogP) is 1.63. The molecule has 0 aromatic carbocycles. The average Bonchev–Trinajstić information content (AvgIpc) is 2.67. The van der Waals surface area contributed by atoms with E-state index in [4.69, 9.17) is 9.73 Å². The van der Waals surface area contributed by atoms with Gasteiger partial charge in [-0.1, -0.05) is 0 Å². The first-order valence-corrected chi connectivity index (χ1v) is 10.5. The lowest BCUT2D eigenvalue weighted by Crippen LogP contribution is -2.50. The van der Waals surface area contributed by atoms with E-state index in [-0.39, 0.29) is 36.2 Å². The molecule has 28 heavy (non-hydrogen) atoms. The molecule has 0 aliphatic carbocycles. The van der Waals surface area contributed by atoms with Crippen LogP contribution in [-0.4, -0.2) is 91.5 Å². The maximum Gasteiger partial charge on any atom is 0.409 e. The van der Waals surface area contributed by atoms with Gasteiger partial charge in [0.2, 0.25) is 0 Å². The number of aliphatic imine (C=N–C) groups is 1. The van der Waals surface area contributed by atoms with Crippen molar-refractivity contribution in [2.45, 2.75) is 58.1 Å². The highest BCUT2D eigenvalue weighted by molar-refractivity contribution is 14.0. The summed E-state index contributed by atoms with van der Waals surface area (Å²) < 4.78 is 5.07. The Hall–Kier alpha value is -0.810.